The van der Waals surface area contributed by atoms with E-state index in [-0.39, 0.29) is 36.4 Å². The number of aromatic nitrogens is 2. The Kier molecular flexibility index (Phi) is 9.30. The Morgan fingerprint density at radius 1 is 1.09 bits per heavy atom. The third-order valence-corrected chi connectivity index (χ3v) is 9.52. The fourth-order valence-electron chi connectivity index (χ4n) is 5.82. The van der Waals surface area contributed by atoms with Crippen molar-refractivity contribution in [1.82, 2.24) is 19.8 Å². The predicted molar refractivity (Wildman–Crippen MR) is 168 cm³/mol. The number of ether oxygens (including phenoxy) is 1. The number of likely N-dealkylation sites (N-methyl/N-ethyl adjacent to an activating group) is 1. The molecule has 0 spiro atoms. The van der Waals surface area contributed by atoms with Gasteiger partial charge in [-0.3, -0.25) is 24.5 Å². The van der Waals surface area contributed by atoms with Gasteiger partial charge < -0.3 is 14.7 Å². The second kappa shape index (κ2) is 13.5. The summed E-state index contributed by atoms with van der Waals surface area (Å²) in [5, 5.41) is 9.17. The van der Waals surface area contributed by atoms with Gasteiger partial charge in [0, 0.05) is 58.0 Å². The van der Waals surface area contributed by atoms with Crippen molar-refractivity contribution < 1.29 is 23.8 Å². The maximum Gasteiger partial charge on any atom is 0.226 e. The smallest absolute Gasteiger partial charge is 0.226 e. The number of ketones is 1. The molecule has 1 N–H and O–H groups in total. The van der Waals surface area contributed by atoms with Crippen LogP contribution in [0.1, 0.15) is 43.2 Å². The van der Waals surface area contributed by atoms with Gasteiger partial charge in [-0.25, -0.2) is 4.39 Å². The number of amides is 1. The van der Waals surface area contributed by atoms with E-state index < -0.39 is 5.82 Å². The SMILES string of the molecule is CN(CCO)C(=O)[C@H]1CCCN(Cc2ccc(-c3cc4nccc(Oc5ccc(CC(=O)CC6CC6)cc5F)c4s3)nc2)C1. The zero-order valence-corrected chi connectivity index (χ0v) is 25.7. The van der Waals surface area contributed by atoms with Crippen molar-refractivity contribution in [3.05, 3.63) is 71.8 Å². The van der Waals surface area contributed by atoms with E-state index in [9.17, 15) is 14.0 Å². The average molecular weight is 617 g/mol. The van der Waals surface area contributed by atoms with Crippen molar-refractivity contribution in [2.75, 3.05) is 33.3 Å². The fraction of sp³-hybridized carbons (Fsp3) is 0.412. The number of benzene rings is 1. The van der Waals surface area contributed by atoms with Crippen LogP contribution in [0, 0.1) is 17.7 Å². The normalized spacial score (nSPS) is 17.1. The van der Waals surface area contributed by atoms with Crippen LogP contribution in [0.4, 0.5) is 4.39 Å². The van der Waals surface area contributed by atoms with Gasteiger partial charge in [-0.05, 0) is 73.5 Å². The Bertz CT molecular complexity index is 1640. The number of rotatable bonds is 12. The number of hydrogen-bond acceptors (Lipinski definition) is 8. The second-order valence-electron chi connectivity index (χ2n) is 12.0. The summed E-state index contributed by atoms with van der Waals surface area (Å²) >= 11 is 1.49. The van der Waals surface area contributed by atoms with Crippen LogP contribution < -0.4 is 4.74 Å². The summed E-state index contributed by atoms with van der Waals surface area (Å²) in [7, 11) is 1.75. The highest BCUT2D eigenvalue weighted by Gasteiger charge is 2.28. The summed E-state index contributed by atoms with van der Waals surface area (Å²) in [5.41, 5.74) is 3.28. The Labute approximate surface area is 260 Å². The van der Waals surface area contributed by atoms with Crippen LogP contribution in [0.2, 0.25) is 0 Å². The lowest BCUT2D eigenvalue weighted by molar-refractivity contribution is -0.136. The number of thiophene rings is 1. The summed E-state index contributed by atoms with van der Waals surface area (Å²) in [5.74, 6) is 0.830. The van der Waals surface area contributed by atoms with Crippen molar-refractivity contribution in [2.45, 2.75) is 45.1 Å². The molecular weight excluding hydrogens is 579 g/mol. The molecule has 1 saturated heterocycles. The fourth-order valence-corrected chi connectivity index (χ4v) is 6.86. The number of fused-ring (bicyclic) bond motifs is 1. The van der Waals surface area contributed by atoms with Gasteiger partial charge >= 0.3 is 0 Å². The van der Waals surface area contributed by atoms with Crippen LogP contribution in [-0.2, 0) is 22.6 Å². The molecule has 6 rings (SSSR count). The maximum absolute atomic E-state index is 15.0. The summed E-state index contributed by atoms with van der Waals surface area (Å²) in [4.78, 5) is 39.0. The summed E-state index contributed by atoms with van der Waals surface area (Å²) in [6.07, 6.45) is 8.41. The Morgan fingerprint density at radius 2 is 1.93 bits per heavy atom. The van der Waals surface area contributed by atoms with Crippen molar-refractivity contribution in [1.29, 1.82) is 0 Å². The van der Waals surface area contributed by atoms with Gasteiger partial charge in [-0.15, -0.1) is 11.3 Å². The first-order valence-electron chi connectivity index (χ1n) is 15.3. The minimum Gasteiger partial charge on any atom is -0.453 e. The summed E-state index contributed by atoms with van der Waals surface area (Å²) in [6, 6.07) is 12.5. The number of aliphatic hydroxyl groups is 1. The Morgan fingerprint density at radius 3 is 2.68 bits per heavy atom. The van der Waals surface area contributed by atoms with Gasteiger partial charge in [0.15, 0.2) is 11.6 Å². The lowest BCUT2D eigenvalue weighted by Crippen LogP contribution is -2.44. The Hall–Kier alpha value is -3.73. The number of piperidine rings is 1. The zero-order valence-electron chi connectivity index (χ0n) is 24.9. The molecule has 0 radical (unpaired) electrons. The molecule has 4 aromatic rings. The molecule has 1 aliphatic carbocycles. The van der Waals surface area contributed by atoms with Crippen LogP contribution in [0.3, 0.4) is 0 Å². The number of aliphatic hydroxyl groups excluding tert-OH is 1. The van der Waals surface area contributed by atoms with Crippen molar-refractivity contribution >= 4 is 33.2 Å². The minimum atomic E-state index is -0.498. The van der Waals surface area contributed by atoms with E-state index in [1.165, 1.54) is 17.4 Å². The molecule has 2 aliphatic rings. The monoisotopic (exact) mass is 616 g/mol. The maximum atomic E-state index is 15.0. The van der Waals surface area contributed by atoms with E-state index in [1.54, 1.807) is 36.3 Å². The first-order valence-corrected chi connectivity index (χ1v) is 16.1. The third kappa shape index (κ3) is 7.31. The highest BCUT2D eigenvalue weighted by Crippen LogP contribution is 2.39. The summed E-state index contributed by atoms with van der Waals surface area (Å²) in [6.45, 7) is 2.67. The number of hydrogen-bond donors (Lipinski definition) is 1. The topological polar surface area (TPSA) is 95.9 Å². The molecule has 1 aliphatic heterocycles. The van der Waals surface area contributed by atoms with E-state index in [1.807, 2.05) is 18.3 Å². The van der Waals surface area contributed by atoms with E-state index in [2.05, 4.69) is 16.0 Å². The number of likely N-dealkylation sites (tertiary alicyclic amines) is 1. The molecule has 8 nitrogen and oxygen atoms in total. The highest BCUT2D eigenvalue weighted by molar-refractivity contribution is 7.22. The number of nitrogens with zero attached hydrogens (tertiary/aromatic N) is 4. The van der Waals surface area contributed by atoms with Crippen LogP contribution >= 0.6 is 11.3 Å². The molecule has 1 atom stereocenters. The molecule has 3 aromatic heterocycles. The van der Waals surface area contributed by atoms with Gasteiger partial charge in [0.1, 0.15) is 11.5 Å². The van der Waals surface area contributed by atoms with Gasteiger partial charge in [-0.1, -0.05) is 12.1 Å². The number of Topliss-reactive ketones (excluding diaryl/α,β-unsaturated/α-hetero) is 1. The lowest BCUT2D eigenvalue weighted by atomic mass is 9.96. The molecule has 1 aromatic carbocycles. The van der Waals surface area contributed by atoms with E-state index in [4.69, 9.17) is 14.8 Å². The van der Waals surface area contributed by atoms with Crippen molar-refractivity contribution in [3.63, 3.8) is 0 Å². The van der Waals surface area contributed by atoms with E-state index in [0.29, 0.717) is 43.3 Å². The van der Waals surface area contributed by atoms with Crippen molar-refractivity contribution in [3.8, 4) is 22.1 Å². The van der Waals surface area contributed by atoms with Crippen LogP contribution in [0.5, 0.6) is 11.5 Å². The third-order valence-electron chi connectivity index (χ3n) is 8.36. The molecule has 44 heavy (non-hydrogen) atoms. The number of pyridine rings is 2. The minimum absolute atomic E-state index is 0.0302. The van der Waals surface area contributed by atoms with Gasteiger partial charge in [0.05, 0.1) is 33.3 Å². The van der Waals surface area contributed by atoms with E-state index >= 15 is 0 Å². The number of halogens is 1. The Balaban J connectivity index is 1.11. The second-order valence-corrected chi connectivity index (χ2v) is 13.0. The van der Waals surface area contributed by atoms with Crippen LogP contribution in [0.25, 0.3) is 20.8 Å². The molecule has 4 heterocycles. The van der Waals surface area contributed by atoms with Crippen LogP contribution in [-0.4, -0.2) is 69.9 Å². The lowest BCUT2D eigenvalue weighted by Gasteiger charge is -2.33. The molecule has 0 bridgehead atoms. The number of carbonyl (C=O) groups excluding carboxylic acids is 2. The number of carbonyl (C=O) groups is 2. The molecule has 2 fully saturated rings. The quantitative estimate of drug-likeness (QED) is 0.213. The molecular formula is C34H37FN4O4S. The first-order chi connectivity index (χ1) is 21.4. The molecule has 230 valence electrons. The zero-order chi connectivity index (χ0) is 30.6. The van der Waals surface area contributed by atoms with Crippen molar-refractivity contribution in [2.24, 2.45) is 11.8 Å². The van der Waals surface area contributed by atoms with Gasteiger partial charge in [0.2, 0.25) is 5.91 Å². The average Bonchev–Trinajstić information content (AvgIpc) is 3.72. The van der Waals surface area contributed by atoms with Crippen LogP contribution in [0.15, 0.2) is 54.9 Å². The van der Waals surface area contributed by atoms with E-state index in [0.717, 1.165) is 58.6 Å². The molecule has 0 unspecified atom stereocenters. The molecule has 1 saturated carbocycles. The predicted octanol–water partition coefficient (Wildman–Crippen LogP) is 5.86. The summed E-state index contributed by atoms with van der Waals surface area (Å²) < 4.78 is 21.8. The highest BCUT2D eigenvalue weighted by atomic mass is 32.1. The molecule has 1 amide bonds. The molecule has 10 heteroatoms. The largest absolute Gasteiger partial charge is 0.453 e. The first kappa shape index (κ1) is 30.3. The van der Waals surface area contributed by atoms with Gasteiger partial charge in [-0.2, -0.15) is 0 Å². The van der Waals surface area contributed by atoms with Gasteiger partial charge in [0.25, 0.3) is 0 Å². The standard InChI is InChI=1S/C34H37FN4O4S/c1-38(13-14-40)34(42)25-3-2-12-39(21-25)20-24-6-8-28(37-19-24)32-18-29-33(44-32)31(10-11-36-29)43-30-9-7-23(17-27(30)35)16-26(41)15-22-4-5-22/h6-11,17-19,22,25,40H,2-5,12-16,20-21H2,1H3/t25-/m0/s1.